The van der Waals surface area contributed by atoms with Crippen molar-refractivity contribution in [2.75, 3.05) is 27.4 Å². The molecule has 212 valence electrons. The van der Waals surface area contributed by atoms with Gasteiger partial charge < -0.3 is 75.4 Å². The summed E-state index contributed by atoms with van der Waals surface area (Å²) in [5, 5.41) is 10.7. The molecule has 3 aromatic carbocycles. The van der Waals surface area contributed by atoms with Gasteiger partial charge in [0.15, 0.2) is 18.6 Å². The maximum absolute atomic E-state index is 12.9. The van der Waals surface area contributed by atoms with Crippen LogP contribution in [0.15, 0.2) is 97.5 Å². The summed E-state index contributed by atoms with van der Waals surface area (Å²) in [6.45, 7) is 5.98. The number of hydrogen-bond acceptors (Lipinski definition) is 5. The van der Waals surface area contributed by atoms with Crippen LogP contribution in [0, 0.1) is 0 Å². The summed E-state index contributed by atoms with van der Waals surface area (Å²) in [7, 11) is 0. The highest BCUT2D eigenvalue weighted by molar-refractivity contribution is 6.06. The largest absolute Gasteiger partial charge is 1.00 e. The fourth-order valence-electron chi connectivity index (χ4n) is 4.47. The minimum absolute atomic E-state index is 0. The van der Waals surface area contributed by atoms with Gasteiger partial charge in [-0.05, 0) is 68.4 Å². The first kappa shape index (κ1) is 31.9. The maximum Gasteiger partial charge on any atom is 0.255 e. The number of nitrogen functional groups attached to an aromatic ring is 2. The van der Waals surface area contributed by atoms with Gasteiger partial charge in [0, 0.05) is 46.9 Å². The van der Waals surface area contributed by atoms with E-state index >= 15 is 0 Å². The zero-order chi connectivity index (χ0) is 27.4. The van der Waals surface area contributed by atoms with Gasteiger partial charge >= 0.3 is 0 Å². The first-order chi connectivity index (χ1) is 18.9. The van der Waals surface area contributed by atoms with Crippen LogP contribution in [0.2, 0.25) is 0 Å². The Balaban J connectivity index is 0.00000231. The van der Waals surface area contributed by atoms with Gasteiger partial charge in [-0.3, -0.25) is 4.79 Å². The van der Waals surface area contributed by atoms with Gasteiger partial charge in [-0.15, -0.1) is 0 Å². The summed E-state index contributed by atoms with van der Waals surface area (Å²) in [6.07, 6.45) is 6.08. The van der Waals surface area contributed by atoms with Crippen LogP contribution in [-0.2, 0) is 13.1 Å². The molecule has 0 spiro atoms. The van der Waals surface area contributed by atoms with Gasteiger partial charge in [-0.1, -0.05) is 0 Å². The van der Waals surface area contributed by atoms with E-state index in [2.05, 4.69) is 45.1 Å². The molecule has 0 atom stereocenters. The average molecular weight is 773 g/mol. The van der Waals surface area contributed by atoms with Crippen LogP contribution in [0.25, 0.3) is 10.9 Å². The van der Waals surface area contributed by atoms with Gasteiger partial charge in [0.25, 0.3) is 5.91 Å². The minimum Gasteiger partial charge on any atom is -1.00 e. The van der Waals surface area contributed by atoms with E-state index < -0.39 is 0 Å². The molecule has 2 aromatic heterocycles. The summed E-state index contributed by atoms with van der Waals surface area (Å²) in [5.41, 5.74) is 19.3. The number of nitrogens with two attached hydrogens (primary N) is 2. The Kier molecular flexibility index (Phi) is 11.1. The molecule has 1 amide bonds. The van der Waals surface area contributed by atoms with Crippen LogP contribution in [0.4, 0.5) is 39.8 Å². The van der Waals surface area contributed by atoms with Gasteiger partial charge in [0.05, 0.1) is 28.1 Å². The Labute approximate surface area is 274 Å². The Hall–Kier alpha value is -3.65. The van der Waals surface area contributed by atoms with Crippen molar-refractivity contribution in [1.82, 2.24) is 0 Å². The zero-order valence-corrected chi connectivity index (χ0v) is 27.2. The second-order valence-corrected chi connectivity index (χ2v) is 9.29. The number of aryl methyl sites for hydroxylation is 2. The lowest BCUT2D eigenvalue weighted by Gasteiger charge is -2.12. The second-order valence-electron chi connectivity index (χ2n) is 9.29. The van der Waals surface area contributed by atoms with Crippen molar-refractivity contribution in [3.63, 3.8) is 0 Å². The lowest BCUT2D eigenvalue weighted by Crippen LogP contribution is -3.00. The average Bonchev–Trinajstić information content (AvgIpc) is 2.95. The highest BCUT2D eigenvalue weighted by Crippen LogP contribution is 2.28. The van der Waals surface area contributed by atoms with E-state index in [1.807, 2.05) is 73.1 Å². The van der Waals surface area contributed by atoms with E-state index in [1.54, 1.807) is 18.2 Å². The molecule has 7 N–H and O–H groups in total. The first-order valence-corrected chi connectivity index (χ1v) is 13.0. The van der Waals surface area contributed by atoms with E-state index in [-0.39, 0.29) is 53.9 Å². The number of hydrogen-bond donors (Lipinski definition) is 5. The van der Waals surface area contributed by atoms with Crippen molar-refractivity contribution in [2.45, 2.75) is 26.9 Å². The van der Waals surface area contributed by atoms with Crippen molar-refractivity contribution >= 4 is 56.6 Å². The molecule has 0 unspecified atom stereocenters. The molecular formula is C31H33I2N7O. The molecule has 0 fully saturated rings. The van der Waals surface area contributed by atoms with Crippen LogP contribution >= 0.6 is 0 Å². The van der Waals surface area contributed by atoms with E-state index in [1.165, 1.54) is 0 Å². The number of nitrogens with zero attached hydrogens (tertiary/aromatic N) is 2. The number of fused-ring (bicyclic) bond motifs is 1. The van der Waals surface area contributed by atoms with E-state index in [0.29, 0.717) is 22.6 Å². The Morgan fingerprint density at radius 1 is 0.707 bits per heavy atom. The monoisotopic (exact) mass is 773 g/mol. The fraction of sp³-hybridized carbons (Fsp3) is 0.129. The summed E-state index contributed by atoms with van der Waals surface area (Å²) >= 11 is 0. The number of benzene rings is 3. The number of halogens is 2. The third-order valence-electron chi connectivity index (χ3n) is 6.65. The number of pyridine rings is 2. The number of nitrogens with one attached hydrogen (secondary N) is 3. The Morgan fingerprint density at radius 3 is 2.05 bits per heavy atom. The van der Waals surface area contributed by atoms with Crippen molar-refractivity contribution in [2.24, 2.45) is 0 Å². The van der Waals surface area contributed by atoms with Gasteiger partial charge in [0.1, 0.15) is 13.1 Å². The number of carbonyl (C=O) groups is 1. The quantitative estimate of drug-likeness (QED) is 0.0820. The van der Waals surface area contributed by atoms with E-state index in [9.17, 15) is 4.79 Å². The first-order valence-electron chi connectivity index (χ1n) is 13.0. The highest BCUT2D eigenvalue weighted by atomic mass is 127. The molecule has 8 nitrogen and oxygen atoms in total. The molecule has 41 heavy (non-hydrogen) atoms. The van der Waals surface area contributed by atoms with Crippen LogP contribution in [-0.4, -0.2) is 5.91 Å². The van der Waals surface area contributed by atoms with Gasteiger partial charge in [-0.25, -0.2) is 4.57 Å². The third-order valence-corrected chi connectivity index (χ3v) is 6.65. The van der Waals surface area contributed by atoms with Crippen LogP contribution in [0.1, 0.15) is 24.2 Å². The standard InChI is InChI=1S/C31H31N7O.2HI/c1-3-37-16-13-24(14-17-37)34-25-10-11-29(27(33)20-25)36-31(39)21-5-8-23(9-6-21)35-28-15-18-38(4-2)30-12-7-22(32)19-26(28)30;;/h5-20H,3-4,32-33H2,1-2H3,(H,36,39);2*1H. The lowest BCUT2D eigenvalue weighted by atomic mass is 10.1. The molecule has 2 heterocycles. The molecule has 10 heteroatoms. The smallest absolute Gasteiger partial charge is 0.255 e. The molecule has 0 aliphatic rings. The third kappa shape index (κ3) is 7.55. The Bertz CT molecular complexity index is 1640. The van der Waals surface area contributed by atoms with Gasteiger partial charge in [-0.2, -0.15) is 4.57 Å². The fourth-order valence-corrected chi connectivity index (χ4v) is 4.47. The number of anilines is 7. The van der Waals surface area contributed by atoms with E-state index in [0.717, 1.165) is 46.7 Å². The topological polar surface area (TPSA) is 113 Å². The molecular weight excluding hydrogens is 740 g/mol. The van der Waals surface area contributed by atoms with Crippen LogP contribution in [0.5, 0.6) is 0 Å². The molecule has 5 rings (SSSR count). The number of amides is 1. The summed E-state index contributed by atoms with van der Waals surface area (Å²) in [4.78, 5) is 12.9. The molecule has 0 saturated carbocycles. The summed E-state index contributed by atoms with van der Waals surface area (Å²) in [6, 6.07) is 24.8. The summed E-state index contributed by atoms with van der Waals surface area (Å²) < 4.78 is 4.26. The molecule has 5 aromatic rings. The predicted octanol–water partition coefficient (Wildman–Crippen LogP) is -0.633. The zero-order valence-electron chi connectivity index (χ0n) is 22.9. The lowest BCUT2D eigenvalue weighted by molar-refractivity contribution is -0.693. The van der Waals surface area contributed by atoms with Crippen molar-refractivity contribution in [3.8, 4) is 0 Å². The molecule has 0 aliphatic heterocycles. The van der Waals surface area contributed by atoms with Crippen LogP contribution < -0.4 is 84.5 Å². The van der Waals surface area contributed by atoms with E-state index in [4.69, 9.17) is 11.5 Å². The Morgan fingerprint density at radius 2 is 1.39 bits per heavy atom. The van der Waals surface area contributed by atoms with Crippen molar-refractivity contribution in [3.05, 3.63) is 103 Å². The summed E-state index contributed by atoms with van der Waals surface area (Å²) in [5.74, 6) is -0.233. The number of aromatic nitrogens is 2. The predicted molar refractivity (Wildman–Crippen MR) is 158 cm³/mol. The van der Waals surface area contributed by atoms with Gasteiger partial charge in [0.2, 0.25) is 5.52 Å². The van der Waals surface area contributed by atoms with Crippen molar-refractivity contribution in [1.29, 1.82) is 0 Å². The highest BCUT2D eigenvalue weighted by Gasteiger charge is 2.13. The molecule has 0 bridgehead atoms. The second kappa shape index (κ2) is 14.3. The molecule has 0 saturated heterocycles. The minimum atomic E-state index is -0.233. The number of carbonyl (C=O) groups excluding carboxylic acids is 1. The molecule has 0 radical (unpaired) electrons. The number of rotatable bonds is 8. The maximum atomic E-state index is 12.9. The van der Waals surface area contributed by atoms with Crippen LogP contribution in [0.3, 0.4) is 0 Å². The van der Waals surface area contributed by atoms with Crippen molar-refractivity contribution < 1.29 is 61.9 Å². The SMILES string of the molecule is CC[n+]1ccc(Nc2ccc(NC(=O)c3ccc(Nc4cc[n+](CC)c5ccc(N)cc45)cc3)c(N)c2)cc1.[I-].[I-]. The normalized spacial score (nSPS) is 10.3. The molecule has 0 aliphatic carbocycles.